The van der Waals surface area contributed by atoms with Gasteiger partial charge in [-0.1, -0.05) is 19.1 Å². The molecule has 0 radical (unpaired) electrons. The van der Waals surface area contributed by atoms with Gasteiger partial charge in [0.1, 0.15) is 11.5 Å². The minimum atomic E-state index is -0.235. The number of methoxy groups -OCH3 is 2. The summed E-state index contributed by atoms with van der Waals surface area (Å²) in [6, 6.07) is 5.13. The van der Waals surface area contributed by atoms with Crippen molar-refractivity contribution in [2.45, 2.75) is 32.7 Å². The number of nitrogens with zero attached hydrogens (tertiary/aromatic N) is 4. The molecule has 1 atom stereocenters. The van der Waals surface area contributed by atoms with Crippen LogP contribution in [0.1, 0.15) is 53.6 Å². The molecule has 2 amide bonds. The summed E-state index contributed by atoms with van der Waals surface area (Å²) in [5, 5.41) is 11.0. The molecule has 2 aromatic rings. The van der Waals surface area contributed by atoms with Gasteiger partial charge in [0.05, 0.1) is 32.0 Å². The maximum Gasteiger partial charge on any atom is 0.273 e. The lowest BCUT2D eigenvalue weighted by molar-refractivity contribution is 0.0668. The Morgan fingerprint density at radius 3 is 2.77 bits per heavy atom. The minimum absolute atomic E-state index is 0.0360. The molecule has 1 fully saturated rings. The molecule has 9 heteroatoms. The molecule has 1 aromatic carbocycles. The molecule has 1 aliphatic heterocycles. The number of likely N-dealkylation sites (tertiary alicyclic amines) is 1. The Hall–Kier alpha value is -3.10. The Kier molecular flexibility index (Phi) is 6.91. The van der Waals surface area contributed by atoms with E-state index in [0.29, 0.717) is 42.6 Å². The molecular formula is C21H29N5O4. The second-order valence-electron chi connectivity index (χ2n) is 7.80. The van der Waals surface area contributed by atoms with Crippen molar-refractivity contribution in [1.29, 1.82) is 0 Å². The van der Waals surface area contributed by atoms with Crippen LogP contribution in [-0.2, 0) is 0 Å². The third-order valence-corrected chi connectivity index (χ3v) is 5.11. The van der Waals surface area contributed by atoms with Gasteiger partial charge in [-0.2, -0.15) is 0 Å². The van der Waals surface area contributed by atoms with Crippen molar-refractivity contribution >= 4 is 11.8 Å². The van der Waals surface area contributed by atoms with Crippen LogP contribution >= 0.6 is 0 Å². The highest BCUT2D eigenvalue weighted by Gasteiger charge is 2.28. The van der Waals surface area contributed by atoms with Crippen LogP contribution in [0.15, 0.2) is 24.4 Å². The van der Waals surface area contributed by atoms with Gasteiger partial charge < -0.3 is 19.7 Å². The van der Waals surface area contributed by atoms with E-state index in [4.69, 9.17) is 9.47 Å². The first kappa shape index (κ1) is 21.6. The third kappa shape index (κ3) is 4.90. The van der Waals surface area contributed by atoms with Gasteiger partial charge in [-0.05, 0) is 30.9 Å². The molecule has 30 heavy (non-hydrogen) atoms. The van der Waals surface area contributed by atoms with Gasteiger partial charge >= 0.3 is 0 Å². The van der Waals surface area contributed by atoms with Crippen LogP contribution in [0.5, 0.6) is 11.5 Å². The Balaban J connectivity index is 1.70. The zero-order chi connectivity index (χ0) is 21.7. The van der Waals surface area contributed by atoms with Crippen molar-refractivity contribution in [2.75, 3.05) is 33.9 Å². The molecule has 162 valence electrons. The topological polar surface area (TPSA) is 98.6 Å². The fraction of sp³-hybridized carbons (Fsp3) is 0.524. The van der Waals surface area contributed by atoms with Crippen LogP contribution < -0.4 is 14.8 Å². The van der Waals surface area contributed by atoms with Gasteiger partial charge in [-0.25, -0.2) is 4.68 Å². The first-order valence-electron chi connectivity index (χ1n) is 10.1. The number of benzene rings is 1. The van der Waals surface area contributed by atoms with E-state index in [1.807, 2.05) is 13.8 Å². The predicted molar refractivity (Wildman–Crippen MR) is 111 cm³/mol. The van der Waals surface area contributed by atoms with Crippen molar-refractivity contribution < 1.29 is 19.1 Å². The summed E-state index contributed by atoms with van der Waals surface area (Å²) in [7, 11) is 3.10. The van der Waals surface area contributed by atoms with Gasteiger partial charge in [0, 0.05) is 25.7 Å². The molecule has 0 saturated carbocycles. The van der Waals surface area contributed by atoms with Crippen LogP contribution in [-0.4, -0.2) is 65.6 Å². The van der Waals surface area contributed by atoms with Gasteiger partial charge in [-0.15, -0.1) is 5.10 Å². The highest BCUT2D eigenvalue weighted by Crippen LogP contribution is 2.28. The van der Waals surface area contributed by atoms with Crippen LogP contribution in [0, 0.1) is 5.92 Å². The van der Waals surface area contributed by atoms with E-state index < -0.39 is 0 Å². The van der Waals surface area contributed by atoms with Crippen molar-refractivity contribution in [1.82, 2.24) is 25.2 Å². The standard InChI is InChI=1S/C21H29N5O4/c1-14(2)11-22-20(27)18-13-26(24-23-18)15-6-5-9-25(12-15)21(28)17-8-7-16(29-3)10-19(17)30-4/h7-8,10,13-15H,5-6,9,11-12H2,1-4H3,(H,22,27). The van der Waals surface area contributed by atoms with Gasteiger partial charge in [-0.3, -0.25) is 9.59 Å². The molecule has 1 N–H and O–H groups in total. The summed E-state index contributed by atoms with van der Waals surface area (Å²) in [4.78, 5) is 27.1. The Labute approximate surface area is 176 Å². The van der Waals surface area contributed by atoms with E-state index in [-0.39, 0.29) is 23.6 Å². The summed E-state index contributed by atoms with van der Waals surface area (Å²) in [6.07, 6.45) is 3.35. The fourth-order valence-electron chi connectivity index (χ4n) is 3.45. The molecular weight excluding hydrogens is 386 g/mol. The number of nitrogens with one attached hydrogen (secondary N) is 1. The van der Waals surface area contributed by atoms with Crippen LogP contribution in [0.3, 0.4) is 0 Å². The lowest BCUT2D eigenvalue weighted by Gasteiger charge is -2.33. The average Bonchev–Trinajstić information content (AvgIpc) is 3.27. The number of ether oxygens (including phenoxy) is 2. The van der Waals surface area contributed by atoms with Crippen LogP contribution in [0.25, 0.3) is 0 Å². The monoisotopic (exact) mass is 415 g/mol. The third-order valence-electron chi connectivity index (χ3n) is 5.11. The van der Waals surface area contributed by atoms with Crippen molar-refractivity contribution in [3.63, 3.8) is 0 Å². The SMILES string of the molecule is COc1ccc(C(=O)N2CCCC(n3cc(C(=O)NCC(C)C)nn3)C2)c(OC)c1. The summed E-state index contributed by atoms with van der Waals surface area (Å²) < 4.78 is 12.3. The largest absolute Gasteiger partial charge is 0.497 e. The Morgan fingerprint density at radius 2 is 2.07 bits per heavy atom. The number of rotatable bonds is 7. The molecule has 1 unspecified atom stereocenters. The number of carbonyl (C=O) groups excluding carboxylic acids is 2. The van der Waals surface area contributed by atoms with E-state index in [1.54, 1.807) is 41.1 Å². The van der Waals surface area contributed by atoms with Gasteiger partial charge in [0.2, 0.25) is 0 Å². The predicted octanol–water partition coefficient (Wildman–Crippen LogP) is 2.16. The second kappa shape index (κ2) is 9.60. The zero-order valence-electron chi connectivity index (χ0n) is 17.9. The van der Waals surface area contributed by atoms with Crippen molar-refractivity contribution in [3.05, 3.63) is 35.7 Å². The molecule has 1 aliphatic rings. The average molecular weight is 415 g/mol. The summed E-state index contributed by atoms with van der Waals surface area (Å²) in [6.45, 7) is 5.79. The zero-order valence-corrected chi connectivity index (χ0v) is 17.9. The number of carbonyl (C=O) groups is 2. The second-order valence-corrected chi connectivity index (χ2v) is 7.80. The first-order valence-corrected chi connectivity index (χ1v) is 10.1. The van der Waals surface area contributed by atoms with E-state index >= 15 is 0 Å². The molecule has 0 spiro atoms. The number of piperidine rings is 1. The molecule has 1 aromatic heterocycles. The molecule has 9 nitrogen and oxygen atoms in total. The van der Waals surface area contributed by atoms with E-state index in [9.17, 15) is 9.59 Å². The van der Waals surface area contributed by atoms with Gasteiger partial charge in [0.15, 0.2) is 5.69 Å². The summed E-state index contributed by atoms with van der Waals surface area (Å²) in [5.41, 5.74) is 0.780. The highest BCUT2D eigenvalue weighted by molar-refractivity contribution is 5.97. The van der Waals surface area contributed by atoms with E-state index in [2.05, 4.69) is 15.6 Å². The maximum absolute atomic E-state index is 13.1. The van der Waals surface area contributed by atoms with Crippen molar-refractivity contribution in [3.8, 4) is 11.5 Å². The first-order chi connectivity index (χ1) is 14.4. The highest BCUT2D eigenvalue weighted by atomic mass is 16.5. The van der Waals surface area contributed by atoms with Gasteiger partial charge in [0.25, 0.3) is 11.8 Å². The normalized spacial score (nSPS) is 16.4. The number of hydrogen-bond donors (Lipinski definition) is 1. The molecule has 0 aliphatic carbocycles. The quantitative estimate of drug-likeness (QED) is 0.744. The number of aromatic nitrogens is 3. The number of hydrogen-bond acceptors (Lipinski definition) is 6. The lowest BCUT2D eigenvalue weighted by atomic mass is 10.0. The van der Waals surface area contributed by atoms with Crippen LogP contribution in [0.4, 0.5) is 0 Å². The summed E-state index contributed by atoms with van der Waals surface area (Å²) in [5.74, 6) is 1.13. The van der Waals surface area contributed by atoms with E-state index in [1.165, 1.54) is 7.11 Å². The summed E-state index contributed by atoms with van der Waals surface area (Å²) >= 11 is 0. The minimum Gasteiger partial charge on any atom is -0.497 e. The lowest BCUT2D eigenvalue weighted by Crippen LogP contribution is -2.41. The fourth-order valence-corrected chi connectivity index (χ4v) is 3.45. The molecule has 0 bridgehead atoms. The van der Waals surface area contributed by atoms with E-state index in [0.717, 1.165) is 12.8 Å². The smallest absolute Gasteiger partial charge is 0.273 e. The van der Waals surface area contributed by atoms with Crippen molar-refractivity contribution in [2.24, 2.45) is 5.92 Å². The number of amides is 2. The van der Waals surface area contributed by atoms with Crippen LogP contribution in [0.2, 0.25) is 0 Å². The molecule has 2 heterocycles. The molecule has 3 rings (SSSR count). The Morgan fingerprint density at radius 1 is 1.27 bits per heavy atom. The Bertz CT molecular complexity index is 895. The molecule has 1 saturated heterocycles. The maximum atomic E-state index is 13.1.